The zero-order chi connectivity index (χ0) is 24.6. The number of hydrogen-bond donors (Lipinski definition) is 1. The van der Waals surface area contributed by atoms with E-state index < -0.39 is 10.8 Å². The molecule has 1 N–H and O–H groups in total. The first-order chi connectivity index (χ1) is 17.0. The van der Waals surface area contributed by atoms with Crippen molar-refractivity contribution in [1.82, 2.24) is 15.0 Å². The first kappa shape index (κ1) is 23.6. The molecule has 35 heavy (non-hydrogen) atoms. The third kappa shape index (κ3) is 5.68. The first-order valence-corrected chi connectivity index (χ1v) is 11.4. The summed E-state index contributed by atoms with van der Waals surface area (Å²) in [5, 5.41) is 15.8. The second-order valence-electron chi connectivity index (χ2n) is 7.16. The summed E-state index contributed by atoms with van der Waals surface area (Å²) in [5.41, 5.74) is 3.77. The van der Waals surface area contributed by atoms with Crippen molar-refractivity contribution >= 4 is 46.5 Å². The van der Waals surface area contributed by atoms with E-state index in [9.17, 15) is 19.7 Å². The summed E-state index contributed by atoms with van der Waals surface area (Å²) in [6.07, 6.45) is 4.35. The van der Waals surface area contributed by atoms with Crippen LogP contribution in [0.25, 0.3) is 22.7 Å². The molecule has 1 aromatic heterocycles. The summed E-state index contributed by atoms with van der Waals surface area (Å²) in [6.45, 7) is 0. The number of aromatic nitrogens is 2. The lowest BCUT2D eigenvalue weighted by Crippen LogP contribution is -2.24. The number of para-hydroxylation sites is 3. The lowest BCUT2D eigenvalue weighted by Gasteiger charge is -2.12. The SMILES string of the molecule is O=C(CSc1nc2ccccc2c(=O)n1-c1ccccc1)N/N=C\C=C\c1ccccc1[N+](=O)[O-]. The monoisotopic (exact) mass is 485 g/mol. The maximum Gasteiger partial charge on any atom is 0.276 e. The fourth-order valence-corrected chi connectivity index (χ4v) is 4.08. The molecule has 0 bridgehead atoms. The Morgan fingerprint density at radius 1 is 1.06 bits per heavy atom. The van der Waals surface area contributed by atoms with Gasteiger partial charge >= 0.3 is 0 Å². The van der Waals surface area contributed by atoms with Gasteiger partial charge in [0.15, 0.2) is 5.16 Å². The van der Waals surface area contributed by atoms with E-state index in [-0.39, 0.29) is 17.0 Å². The number of nitrogens with one attached hydrogen (secondary N) is 1. The van der Waals surface area contributed by atoms with Crippen LogP contribution in [0.15, 0.2) is 100.0 Å². The van der Waals surface area contributed by atoms with Gasteiger partial charge in [-0.25, -0.2) is 10.4 Å². The van der Waals surface area contributed by atoms with E-state index in [1.807, 2.05) is 18.2 Å². The van der Waals surface area contributed by atoms with Crippen molar-refractivity contribution in [2.75, 3.05) is 5.75 Å². The molecule has 0 unspecified atom stereocenters. The molecule has 1 heterocycles. The maximum atomic E-state index is 13.2. The number of amides is 1. The van der Waals surface area contributed by atoms with Gasteiger partial charge < -0.3 is 0 Å². The number of allylic oxidation sites excluding steroid dienone is 1. The van der Waals surface area contributed by atoms with Gasteiger partial charge in [0, 0.05) is 12.3 Å². The van der Waals surface area contributed by atoms with Gasteiger partial charge in [-0.3, -0.25) is 24.3 Å². The molecule has 0 aliphatic rings. The van der Waals surface area contributed by atoms with Gasteiger partial charge in [0.2, 0.25) is 0 Å². The average molecular weight is 486 g/mol. The van der Waals surface area contributed by atoms with Crippen LogP contribution in [-0.2, 0) is 4.79 Å². The number of carbonyl (C=O) groups excluding carboxylic acids is 1. The van der Waals surface area contributed by atoms with E-state index >= 15 is 0 Å². The minimum Gasteiger partial charge on any atom is -0.272 e. The molecular weight excluding hydrogens is 466 g/mol. The Hall–Kier alpha value is -4.57. The van der Waals surface area contributed by atoms with Crippen molar-refractivity contribution in [3.8, 4) is 5.69 Å². The lowest BCUT2D eigenvalue weighted by molar-refractivity contribution is -0.385. The number of nitrogens with zero attached hydrogens (tertiary/aromatic N) is 4. The van der Waals surface area contributed by atoms with Gasteiger partial charge in [0.1, 0.15) is 0 Å². The molecule has 0 saturated heterocycles. The number of rotatable bonds is 8. The molecule has 9 nitrogen and oxygen atoms in total. The highest BCUT2D eigenvalue weighted by Gasteiger charge is 2.14. The number of fused-ring (bicyclic) bond motifs is 1. The number of nitro benzene ring substituents is 1. The number of hydrogen-bond acceptors (Lipinski definition) is 7. The van der Waals surface area contributed by atoms with E-state index in [2.05, 4.69) is 15.5 Å². The summed E-state index contributed by atoms with van der Waals surface area (Å²) >= 11 is 1.12. The number of thioether (sulfide) groups is 1. The van der Waals surface area contributed by atoms with Crippen LogP contribution >= 0.6 is 11.8 Å². The van der Waals surface area contributed by atoms with Gasteiger partial charge in [-0.15, -0.1) is 0 Å². The van der Waals surface area contributed by atoms with Crippen molar-refractivity contribution < 1.29 is 9.72 Å². The Balaban J connectivity index is 1.46. The summed E-state index contributed by atoms with van der Waals surface area (Å²) < 4.78 is 1.49. The van der Waals surface area contributed by atoms with E-state index in [1.165, 1.54) is 29.0 Å². The molecule has 174 valence electrons. The summed E-state index contributed by atoms with van der Waals surface area (Å²) in [6, 6.07) is 22.5. The molecule has 4 aromatic rings. The largest absolute Gasteiger partial charge is 0.276 e. The molecule has 0 saturated carbocycles. The Morgan fingerprint density at radius 3 is 2.57 bits per heavy atom. The van der Waals surface area contributed by atoms with Gasteiger partial charge in [-0.2, -0.15) is 5.10 Å². The third-order valence-electron chi connectivity index (χ3n) is 4.85. The second-order valence-corrected chi connectivity index (χ2v) is 8.11. The molecule has 0 atom stereocenters. The van der Waals surface area contributed by atoms with Gasteiger partial charge in [0.25, 0.3) is 17.2 Å². The quantitative estimate of drug-likeness (QED) is 0.131. The number of carbonyl (C=O) groups is 1. The highest BCUT2D eigenvalue weighted by molar-refractivity contribution is 7.99. The topological polar surface area (TPSA) is 119 Å². The van der Waals surface area contributed by atoms with Crippen LogP contribution in [0.4, 0.5) is 5.69 Å². The minimum atomic E-state index is -0.467. The fraction of sp³-hybridized carbons (Fsp3) is 0.0400. The van der Waals surface area contributed by atoms with Crippen LogP contribution in [0.5, 0.6) is 0 Å². The fourth-order valence-electron chi connectivity index (χ4n) is 3.27. The summed E-state index contributed by atoms with van der Waals surface area (Å²) in [7, 11) is 0. The third-order valence-corrected chi connectivity index (χ3v) is 5.79. The van der Waals surface area contributed by atoms with Crippen molar-refractivity contribution in [2.45, 2.75) is 5.16 Å². The predicted octanol–water partition coefficient (Wildman–Crippen LogP) is 4.20. The van der Waals surface area contributed by atoms with Crippen molar-refractivity contribution in [2.24, 2.45) is 5.10 Å². The Labute approximate surface area is 204 Å². The van der Waals surface area contributed by atoms with Crippen LogP contribution in [-0.4, -0.2) is 32.3 Å². The van der Waals surface area contributed by atoms with Crippen LogP contribution in [0.2, 0.25) is 0 Å². The normalized spacial score (nSPS) is 11.3. The first-order valence-electron chi connectivity index (χ1n) is 10.5. The maximum absolute atomic E-state index is 13.2. The molecule has 1 amide bonds. The highest BCUT2D eigenvalue weighted by Crippen LogP contribution is 2.21. The standard InChI is InChI=1S/C25H19N5O4S/c31-23(28-26-16-8-10-18-9-4-7-15-22(18)30(33)34)17-35-25-27-21-14-6-5-13-20(21)24(32)29(25)19-11-2-1-3-12-19/h1-16H,17H2,(H,28,31)/b10-8+,26-16-. The molecule has 0 aliphatic heterocycles. The number of nitro groups is 1. The van der Waals surface area contributed by atoms with Crippen LogP contribution in [0, 0.1) is 10.1 Å². The zero-order valence-corrected chi connectivity index (χ0v) is 19.1. The summed E-state index contributed by atoms with van der Waals surface area (Å²) in [4.78, 5) is 40.6. The average Bonchev–Trinajstić information content (AvgIpc) is 2.88. The van der Waals surface area contributed by atoms with Crippen molar-refractivity contribution in [3.63, 3.8) is 0 Å². The van der Waals surface area contributed by atoms with E-state index in [1.54, 1.807) is 54.6 Å². The Morgan fingerprint density at radius 2 is 1.77 bits per heavy atom. The highest BCUT2D eigenvalue weighted by atomic mass is 32.2. The molecule has 10 heteroatoms. The van der Waals surface area contributed by atoms with Gasteiger partial charge in [-0.05, 0) is 42.5 Å². The van der Waals surface area contributed by atoms with E-state index in [0.717, 1.165) is 11.8 Å². The molecule has 0 radical (unpaired) electrons. The zero-order valence-electron chi connectivity index (χ0n) is 18.3. The molecule has 0 aliphatic carbocycles. The lowest BCUT2D eigenvalue weighted by atomic mass is 10.2. The number of hydrazone groups is 1. The molecule has 4 rings (SSSR count). The van der Waals surface area contributed by atoms with Crippen LogP contribution in [0.1, 0.15) is 5.56 Å². The molecular formula is C25H19N5O4S. The van der Waals surface area contributed by atoms with Crippen LogP contribution < -0.4 is 11.0 Å². The van der Waals surface area contributed by atoms with Gasteiger partial charge in [-0.1, -0.05) is 54.2 Å². The van der Waals surface area contributed by atoms with Crippen molar-refractivity contribution in [1.29, 1.82) is 0 Å². The molecule has 3 aromatic carbocycles. The van der Waals surface area contributed by atoms with Crippen LogP contribution in [0.3, 0.4) is 0 Å². The van der Waals surface area contributed by atoms with Crippen molar-refractivity contribution in [3.05, 3.63) is 111 Å². The summed E-state index contributed by atoms with van der Waals surface area (Å²) in [5.74, 6) is -0.421. The smallest absolute Gasteiger partial charge is 0.272 e. The molecule has 0 spiro atoms. The second kappa shape index (κ2) is 11.0. The predicted molar refractivity (Wildman–Crippen MR) is 137 cm³/mol. The Kier molecular flexibility index (Phi) is 7.44. The van der Waals surface area contributed by atoms with E-state index in [4.69, 9.17) is 0 Å². The minimum absolute atomic E-state index is 0.0232. The molecule has 0 fully saturated rings. The Bertz CT molecular complexity index is 1500. The number of benzene rings is 3. The van der Waals surface area contributed by atoms with Gasteiger partial charge in [0.05, 0.1) is 32.8 Å². The van der Waals surface area contributed by atoms with E-state index in [0.29, 0.717) is 27.3 Å².